The average molecular weight is 271 g/mol. The fraction of sp³-hybridized carbons (Fsp3) is 0.400. The maximum Gasteiger partial charge on any atom is 0.261 e. The molecule has 2 heterocycles. The summed E-state index contributed by atoms with van der Waals surface area (Å²) in [4.78, 5) is 17.2. The normalized spacial score (nSPS) is 17.5. The van der Waals surface area contributed by atoms with Gasteiger partial charge in [0.1, 0.15) is 5.82 Å². The van der Waals surface area contributed by atoms with Crippen molar-refractivity contribution in [3.05, 3.63) is 39.9 Å². The third-order valence-corrected chi connectivity index (χ3v) is 3.88. The molecule has 1 aromatic heterocycles. The van der Waals surface area contributed by atoms with Gasteiger partial charge in [0.25, 0.3) is 5.56 Å². The molecular formula is C15H17N3O2. The maximum absolute atomic E-state index is 12.6. The van der Waals surface area contributed by atoms with Gasteiger partial charge in [-0.1, -0.05) is 25.1 Å². The van der Waals surface area contributed by atoms with Gasteiger partial charge in [0, 0.05) is 13.0 Å². The second kappa shape index (κ2) is 4.44. The van der Waals surface area contributed by atoms with Crippen LogP contribution in [0.4, 0.5) is 0 Å². The minimum atomic E-state index is 0.0188. The first-order chi connectivity index (χ1) is 9.50. The van der Waals surface area contributed by atoms with Crippen LogP contribution in [0.5, 0.6) is 0 Å². The van der Waals surface area contributed by atoms with Crippen molar-refractivity contribution < 1.29 is 5.21 Å². The smallest absolute Gasteiger partial charge is 0.261 e. The minimum Gasteiger partial charge on any atom is -0.411 e. The van der Waals surface area contributed by atoms with Gasteiger partial charge < -0.3 is 5.21 Å². The monoisotopic (exact) mass is 271 g/mol. The van der Waals surface area contributed by atoms with Crippen molar-refractivity contribution in [2.75, 3.05) is 0 Å². The standard InChI is InChI=1S/C15H17N3O2/c1-15(2)6-5-13-17-12-7-10(8-16-20)3-4-11(12)14(19)18(13)9-15/h3-4,7-8,20H,5-6,9H2,1-2H3. The largest absolute Gasteiger partial charge is 0.411 e. The van der Waals surface area contributed by atoms with E-state index in [-0.39, 0.29) is 11.0 Å². The quantitative estimate of drug-likeness (QED) is 0.491. The van der Waals surface area contributed by atoms with Crippen LogP contribution in [0.2, 0.25) is 0 Å². The zero-order valence-corrected chi connectivity index (χ0v) is 11.6. The van der Waals surface area contributed by atoms with E-state index in [9.17, 15) is 4.79 Å². The van der Waals surface area contributed by atoms with E-state index in [1.54, 1.807) is 22.8 Å². The Morgan fingerprint density at radius 1 is 1.45 bits per heavy atom. The van der Waals surface area contributed by atoms with Crippen molar-refractivity contribution in [2.45, 2.75) is 33.2 Å². The second-order valence-electron chi connectivity index (χ2n) is 6.10. The van der Waals surface area contributed by atoms with Crippen LogP contribution in [0, 0.1) is 5.41 Å². The Morgan fingerprint density at radius 3 is 3.00 bits per heavy atom. The lowest BCUT2D eigenvalue weighted by Gasteiger charge is -2.31. The molecule has 20 heavy (non-hydrogen) atoms. The van der Waals surface area contributed by atoms with E-state index in [1.807, 2.05) is 0 Å². The molecule has 0 radical (unpaired) electrons. The highest BCUT2D eigenvalue weighted by molar-refractivity contribution is 5.87. The van der Waals surface area contributed by atoms with Gasteiger partial charge in [-0.05, 0) is 29.5 Å². The van der Waals surface area contributed by atoms with Crippen molar-refractivity contribution in [1.29, 1.82) is 0 Å². The van der Waals surface area contributed by atoms with Crippen LogP contribution in [-0.2, 0) is 13.0 Å². The van der Waals surface area contributed by atoms with Gasteiger partial charge in [0.05, 0.1) is 17.1 Å². The SMILES string of the molecule is CC1(C)CCc2nc3cc(C=NO)ccc3c(=O)n2C1. The summed E-state index contributed by atoms with van der Waals surface area (Å²) in [7, 11) is 0. The zero-order valence-electron chi connectivity index (χ0n) is 11.6. The van der Waals surface area contributed by atoms with Gasteiger partial charge in [0.15, 0.2) is 0 Å². The summed E-state index contributed by atoms with van der Waals surface area (Å²) in [5.74, 6) is 0.847. The molecule has 1 N–H and O–H groups in total. The van der Waals surface area contributed by atoms with Crippen molar-refractivity contribution >= 4 is 17.1 Å². The molecule has 0 amide bonds. The lowest BCUT2D eigenvalue weighted by Crippen LogP contribution is -2.36. The number of aromatic nitrogens is 2. The van der Waals surface area contributed by atoms with Crippen LogP contribution < -0.4 is 5.56 Å². The topological polar surface area (TPSA) is 67.5 Å². The van der Waals surface area contributed by atoms with Crippen LogP contribution >= 0.6 is 0 Å². The Hall–Kier alpha value is -2.17. The first-order valence-electron chi connectivity index (χ1n) is 6.71. The van der Waals surface area contributed by atoms with E-state index in [1.165, 1.54) is 6.21 Å². The lowest BCUT2D eigenvalue weighted by molar-refractivity contribution is 0.240. The van der Waals surface area contributed by atoms with Gasteiger partial charge in [-0.25, -0.2) is 4.98 Å². The fourth-order valence-electron chi connectivity index (χ4n) is 2.74. The van der Waals surface area contributed by atoms with Gasteiger partial charge in [-0.3, -0.25) is 9.36 Å². The number of nitrogens with zero attached hydrogens (tertiary/aromatic N) is 3. The average Bonchev–Trinajstić information content (AvgIpc) is 2.40. The van der Waals surface area contributed by atoms with Crippen molar-refractivity contribution in [3.63, 3.8) is 0 Å². The van der Waals surface area contributed by atoms with Crippen LogP contribution in [0.3, 0.4) is 0 Å². The van der Waals surface area contributed by atoms with Crippen molar-refractivity contribution in [2.24, 2.45) is 10.6 Å². The van der Waals surface area contributed by atoms with Crippen LogP contribution in [0.15, 0.2) is 28.1 Å². The summed E-state index contributed by atoms with van der Waals surface area (Å²) in [6.07, 6.45) is 3.18. The molecule has 5 nitrogen and oxygen atoms in total. The third kappa shape index (κ3) is 2.09. The molecule has 0 aliphatic carbocycles. The predicted molar refractivity (Wildman–Crippen MR) is 77.5 cm³/mol. The summed E-state index contributed by atoms with van der Waals surface area (Å²) in [6, 6.07) is 5.28. The predicted octanol–water partition coefficient (Wildman–Crippen LogP) is 2.18. The first kappa shape index (κ1) is 12.8. The Labute approximate surface area is 116 Å². The van der Waals surface area contributed by atoms with E-state index >= 15 is 0 Å². The van der Waals surface area contributed by atoms with E-state index < -0.39 is 0 Å². The molecule has 1 aliphatic heterocycles. The van der Waals surface area contributed by atoms with E-state index in [0.717, 1.165) is 24.2 Å². The number of aryl methyl sites for hydroxylation is 1. The van der Waals surface area contributed by atoms with Crippen LogP contribution in [-0.4, -0.2) is 21.0 Å². The molecule has 0 fully saturated rings. The molecule has 3 rings (SSSR count). The Kier molecular flexibility index (Phi) is 2.85. The highest BCUT2D eigenvalue weighted by Gasteiger charge is 2.27. The molecule has 0 saturated carbocycles. The molecule has 5 heteroatoms. The van der Waals surface area contributed by atoms with Gasteiger partial charge >= 0.3 is 0 Å². The maximum atomic E-state index is 12.6. The van der Waals surface area contributed by atoms with Gasteiger partial charge in [-0.2, -0.15) is 0 Å². The second-order valence-corrected chi connectivity index (χ2v) is 6.10. The molecule has 0 spiro atoms. The van der Waals surface area contributed by atoms with Crippen molar-refractivity contribution in [1.82, 2.24) is 9.55 Å². The molecular weight excluding hydrogens is 254 g/mol. The van der Waals surface area contributed by atoms with Crippen LogP contribution in [0.1, 0.15) is 31.7 Å². The molecule has 0 unspecified atom stereocenters. The number of fused-ring (bicyclic) bond motifs is 2. The number of oxime groups is 1. The Bertz CT molecular complexity index is 760. The number of hydrogen-bond acceptors (Lipinski definition) is 4. The van der Waals surface area contributed by atoms with Crippen molar-refractivity contribution in [3.8, 4) is 0 Å². The summed E-state index contributed by atoms with van der Waals surface area (Å²) >= 11 is 0. The van der Waals surface area contributed by atoms with Gasteiger partial charge in [0.2, 0.25) is 0 Å². The molecule has 2 aromatic rings. The van der Waals surface area contributed by atoms with Crippen LogP contribution in [0.25, 0.3) is 10.9 Å². The third-order valence-electron chi connectivity index (χ3n) is 3.88. The first-order valence-corrected chi connectivity index (χ1v) is 6.71. The van der Waals surface area contributed by atoms with Gasteiger partial charge in [-0.15, -0.1) is 0 Å². The molecule has 1 aromatic carbocycles. The Balaban J connectivity index is 2.23. The molecule has 0 saturated heterocycles. The highest BCUT2D eigenvalue weighted by atomic mass is 16.4. The molecule has 1 aliphatic rings. The Morgan fingerprint density at radius 2 is 2.25 bits per heavy atom. The number of benzene rings is 1. The lowest BCUT2D eigenvalue weighted by atomic mass is 9.85. The van der Waals surface area contributed by atoms with E-state index in [4.69, 9.17) is 5.21 Å². The fourth-order valence-corrected chi connectivity index (χ4v) is 2.74. The summed E-state index contributed by atoms with van der Waals surface area (Å²) in [5.41, 5.74) is 1.55. The van der Waals surface area contributed by atoms with E-state index in [2.05, 4.69) is 24.0 Å². The molecule has 0 atom stereocenters. The van der Waals surface area contributed by atoms with E-state index in [0.29, 0.717) is 17.4 Å². The molecule has 0 bridgehead atoms. The highest BCUT2D eigenvalue weighted by Crippen LogP contribution is 2.29. The molecule has 104 valence electrons. The summed E-state index contributed by atoms with van der Waals surface area (Å²) in [6.45, 7) is 5.06. The summed E-state index contributed by atoms with van der Waals surface area (Å²) < 4.78 is 1.80. The number of rotatable bonds is 1. The minimum absolute atomic E-state index is 0.0188. The number of hydrogen-bond donors (Lipinski definition) is 1. The zero-order chi connectivity index (χ0) is 14.3. The summed E-state index contributed by atoms with van der Waals surface area (Å²) in [5, 5.41) is 12.2.